The molecule has 0 bridgehead atoms. The Morgan fingerprint density at radius 3 is 2.61 bits per heavy atom. The van der Waals surface area contributed by atoms with Gasteiger partial charge in [-0.15, -0.1) is 0 Å². The van der Waals surface area contributed by atoms with Crippen LogP contribution >= 0.6 is 11.6 Å². The van der Waals surface area contributed by atoms with Gasteiger partial charge in [0, 0.05) is 44.0 Å². The van der Waals surface area contributed by atoms with Gasteiger partial charge in [0.05, 0.1) is 11.2 Å². The van der Waals surface area contributed by atoms with E-state index in [2.05, 4.69) is 47.1 Å². The summed E-state index contributed by atoms with van der Waals surface area (Å²) in [6, 6.07) is 6.77. The normalized spacial score (nSPS) is 21.1. The highest BCUT2D eigenvalue weighted by Gasteiger charge is 2.33. The molecule has 1 unspecified atom stereocenters. The van der Waals surface area contributed by atoms with E-state index in [1.54, 1.807) is 4.90 Å². The van der Waals surface area contributed by atoms with E-state index in [0.29, 0.717) is 12.6 Å². The summed E-state index contributed by atoms with van der Waals surface area (Å²) in [4.78, 5) is 30.8. The van der Waals surface area contributed by atoms with Gasteiger partial charge in [0.1, 0.15) is 0 Å². The van der Waals surface area contributed by atoms with Crippen molar-refractivity contribution in [3.05, 3.63) is 46.2 Å². The van der Waals surface area contributed by atoms with Crippen LogP contribution in [0.3, 0.4) is 0 Å². The fraction of sp³-hybridized carbons (Fsp3) is 0.542. The van der Waals surface area contributed by atoms with E-state index in [1.807, 2.05) is 6.92 Å². The van der Waals surface area contributed by atoms with Crippen molar-refractivity contribution >= 4 is 29.3 Å². The molecule has 2 aliphatic rings. The van der Waals surface area contributed by atoms with E-state index in [-0.39, 0.29) is 22.8 Å². The summed E-state index contributed by atoms with van der Waals surface area (Å²) >= 11 is 5.93. The number of carboxylic acids is 1. The van der Waals surface area contributed by atoms with Crippen LogP contribution in [0.1, 0.15) is 54.2 Å². The van der Waals surface area contributed by atoms with E-state index in [0.717, 1.165) is 37.2 Å². The molecule has 178 valence electrons. The predicted molar refractivity (Wildman–Crippen MR) is 128 cm³/mol. The van der Waals surface area contributed by atoms with Crippen LogP contribution in [0.4, 0.5) is 10.5 Å². The third-order valence-corrected chi connectivity index (χ3v) is 7.17. The Balaban J connectivity index is 1.41. The molecule has 1 N–H and O–H groups in total. The number of nitrogens with zero attached hydrogens (tertiary/aromatic N) is 5. The van der Waals surface area contributed by atoms with Crippen LogP contribution in [0.5, 0.6) is 0 Å². The maximum Gasteiger partial charge on any atom is 0.357 e. The number of amides is 1. The molecule has 1 amide bonds. The molecule has 0 saturated carbocycles. The van der Waals surface area contributed by atoms with Crippen molar-refractivity contribution in [2.45, 2.75) is 58.2 Å². The van der Waals surface area contributed by atoms with Gasteiger partial charge in [-0.05, 0) is 63.8 Å². The Hall–Kier alpha value is -2.58. The first kappa shape index (κ1) is 23.6. The number of carbonyl (C=O) groups is 2. The van der Waals surface area contributed by atoms with Gasteiger partial charge in [0.2, 0.25) is 0 Å². The minimum absolute atomic E-state index is 0.00558. The van der Waals surface area contributed by atoms with Gasteiger partial charge in [-0.1, -0.05) is 23.7 Å². The number of piperidine rings is 1. The number of halogens is 1. The molecule has 2 saturated heterocycles. The number of anilines is 1. The lowest BCUT2D eigenvalue weighted by molar-refractivity contribution is 0.0689. The topological polar surface area (TPSA) is 81.9 Å². The Labute approximate surface area is 199 Å². The van der Waals surface area contributed by atoms with Crippen molar-refractivity contribution < 1.29 is 14.7 Å². The van der Waals surface area contributed by atoms with E-state index in [9.17, 15) is 9.59 Å². The molecule has 33 heavy (non-hydrogen) atoms. The fourth-order valence-electron chi connectivity index (χ4n) is 5.02. The number of rotatable bonds is 5. The van der Waals surface area contributed by atoms with Crippen molar-refractivity contribution in [2.75, 3.05) is 31.6 Å². The van der Waals surface area contributed by atoms with Crippen LogP contribution in [0, 0.1) is 6.92 Å². The Morgan fingerprint density at radius 2 is 1.97 bits per heavy atom. The monoisotopic (exact) mass is 473 g/mol. The van der Waals surface area contributed by atoms with Crippen molar-refractivity contribution in [2.24, 2.45) is 0 Å². The number of aryl methyl sites for hydroxylation is 1. The number of aromatic carboxylic acids is 1. The lowest BCUT2D eigenvalue weighted by atomic mass is 9.96. The van der Waals surface area contributed by atoms with Gasteiger partial charge in [-0.3, -0.25) is 4.90 Å². The van der Waals surface area contributed by atoms with E-state index >= 15 is 0 Å². The average Bonchev–Trinajstić information content (AvgIpc) is 3.44. The molecule has 8 nitrogen and oxygen atoms in total. The van der Waals surface area contributed by atoms with Crippen LogP contribution < -0.4 is 4.90 Å². The number of hydrogen-bond donors (Lipinski definition) is 1. The summed E-state index contributed by atoms with van der Waals surface area (Å²) in [6.07, 6.45) is 5.47. The quantitative estimate of drug-likeness (QED) is 0.704. The standard InChI is InChI=1S/C24H32ClN5O3/c1-16-6-7-18(21(12-16)28-9-4-5-10-28)14-27(3)19-8-11-29(17(2)13-19)24(33)30-15-20(25)22(26-30)23(31)32/h6-7,12,15,17,19H,4-5,8-11,13-14H2,1-3H3,(H,31,32)/t17-,19?/m0/s1. The SMILES string of the molecule is Cc1ccc(CN(C)C2CCN(C(=O)n3cc(Cl)c(C(=O)O)n3)[C@@H](C)C2)c(N2CCCC2)c1. The highest BCUT2D eigenvalue weighted by atomic mass is 35.5. The predicted octanol–water partition coefficient (Wildman–Crippen LogP) is 4.10. The van der Waals surface area contributed by atoms with Crippen LogP contribution in [0.25, 0.3) is 0 Å². The van der Waals surface area contributed by atoms with Gasteiger partial charge >= 0.3 is 12.0 Å². The van der Waals surface area contributed by atoms with Gasteiger partial charge < -0.3 is 14.9 Å². The first-order valence-corrected chi connectivity index (χ1v) is 12.0. The Morgan fingerprint density at radius 1 is 1.24 bits per heavy atom. The molecule has 0 spiro atoms. The minimum Gasteiger partial charge on any atom is -0.476 e. The second-order valence-electron chi connectivity index (χ2n) is 9.32. The second-order valence-corrected chi connectivity index (χ2v) is 9.73. The number of likely N-dealkylation sites (tertiary alicyclic amines) is 1. The third-order valence-electron chi connectivity index (χ3n) is 6.89. The summed E-state index contributed by atoms with van der Waals surface area (Å²) in [5, 5.41) is 13.0. The molecule has 2 atom stereocenters. The Bertz CT molecular complexity index is 1030. The highest BCUT2D eigenvalue weighted by Crippen LogP contribution is 2.29. The number of aromatic nitrogens is 2. The molecule has 9 heteroatoms. The number of benzene rings is 1. The smallest absolute Gasteiger partial charge is 0.357 e. The van der Waals surface area contributed by atoms with Crippen LogP contribution in [-0.4, -0.2) is 75.5 Å². The third kappa shape index (κ3) is 5.01. The lowest BCUT2D eigenvalue weighted by Gasteiger charge is -2.41. The first-order valence-electron chi connectivity index (χ1n) is 11.6. The van der Waals surface area contributed by atoms with Gasteiger partial charge in [0.15, 0.2) is 5.69 Å². The lowest BCUT2D eigenvalue weighted by Crippen LogP contribution is -2.51. The van der Waals surface area contributed by atoms with Crippen LogP contribution in [0.2, 0.25) is 5.02 Å². The Kier molecular flexibility index (Phi) is 6.95. The van der Waals surface area contributed by atoms with Crippen molar-refractivity contribution in [3.63, 3.8) is 0 Å². The first-order chi connectivity index (χ1) is 15.7. The van der Waals surface area contributed by atoms with Gasteiger partial charge in [0.25, 0.3) is 0 Å². The average molecular weight is 474 g/mol. The fourth-order valence-corrected chi connectivity index (χ4v) is 5.23. The molecule has 2 aliphatic heterocycles. The van der Waals surface area contributed by atoms with E-state index in [4.69, 9.17) is 16.7 Å². The highest BCUT2D eigenvalue weighted by molar-refractivity contribution is 6.33. The number of hydrogen-bond acceptors (Lipinski definition) is 5. The molecule has 1 aromatic heterocycles. The van der Waals surface area contributed by atoms with Crippen molar-refractivity contribution in [3.8, 4) is 0 Å². The second kappa shape index (κ2) is 9.73. The zero-order valence-electron chi connectivity index (χ0n) is 19.5. The van der Waals surface area contributed by atoms with Crippen molar-refractivity contribution in [1.82, 2.24) is 19.6 Å². The van der Waals surface area contributed by atoms with Gasteiger partial charge in [-0.25, -0.2) is 9.59 Å². The molecule has 1 aromatic carbocycles. The summed E-state index contributed by atoms with van der Waals surface area (Å²) in [7, 11) is 2.16. The summed E-state index contributed by atoms with van der Waals surface area (Å²) in [5.41, 5.74) is 3.68. The molecule has 2 fully saturated rings. The zero-order chi connectivity index (χ0) is 23.7. The molecule has 0 radical (unpaired) electrons. The minimum atomic E-state index is -1.25. The number of carbonyl (C=O) groups excluding carboxylic acids is 1. The molecule has 3 heterocycles. The van der Waals surface area contributed by atoms with Crippen LogP contribution in [-0.2, 0) is 6.54 Å². The van der Waals surface area contributed by atoms with E-state index in [1.165, 1.54) is 35.9 Å². The van der Waals surface area contributed by atoms with Crippen LogP contribution in [0.15, 0.2) is 24.4 Å². The molecule has 0 aliphatic carbocycles. The van der Waals surface area contributed by atoms with E-state index < -0.39 is 5.97 Å². The molecule has 4 rings (SSSR count). The number of carboxylic acid groups (broad SMARTS) is 1. The molecular weight excluding hydrogens is 442 g/mol. The maximum absolute atomic E-state index is 12.9. The van der Waals surface area contributed by atoms with Gasteiger partial charge in [-0.2, -0.15) is 9.78 Å². The maximum atomic E-state index is 12.9. The summed E-state index contributed by atoms with van der Waals surface area (Å²) in [6.45, 7) is 7.88. The summed E-state index contributed by atoms with van der Waals surface area (Å²) in [5.74, 6) is -1.25. The largest absolute Gasteiger partial charge is 0.476 e. The zero-order valence-corrected chi connectivity index (χ0v) is 20.3. The summed E-state index contributed by atoms with van der Waals surface area (Å²) < 4.78 is 1.04. The van der Waals surface area contributed by atoms with Crippen molar-refractivity contribution in [1.29, 1.82) is 0 Å². The molecule has 2 aromatic rings. The molecular formula is C24H32ClN5O3.